The third-order valence-electron chi connectivity index (χ3n) is 7.88. The van der Waals surface area contributed by atoms with Crippen LogP contribution in [0.1, 0.15) is 91.5 Å². The smallest absolute Gasteiger partial charge is 0.363 e. The minimum absolute atomic E-state index is 0.151. The molecule has 1 aromatic carbocycles. The topological polar surface area (TPSA) is 55.8 Å². The Kier molecular flexibility index (Phi) is 9.06. The lowest BCUT2D eigenvalue weighted by molar-refractivity contribution is -0.0153. The maximum absolute atomic E-state index is 14.5. The van der Waals surface area contributed by atoms with Gasteiger partial charge in [0.15, 0.2) is 5.85 Å². The molecule has 1 aromatic rings. The normalized spacial score (nSPS) is 32.9. The van der Waals surface area contributed by atoms with Crippen LogP contribution in [0.3, 0.4) is 0 Å². The zero-order valence-corrected chi connectivity index (χ0v) is 21.8. The Balaban J connectivity index is 1.92. The van der Waals surface area contributed by atoms with Gasteiger partial charge in [0.25, 0.3) is 0 Å². The van der Waals surface area contributed by atoms with Crippen molar-refractivity contribution in [2.24, 2.45) is 35.5 Å². The Morgan fingerprint density at radius 2 is 1.25 bits per heavy atom. The van der Waals surface area contributed by atoms with Crippen LogP contribution in [0.15, 0.2) is 30.3 Å². The quantitative estimate of drug-likeness (QED) is 0.398. The number of benzene rings is 1. The highest BCUT2D eigenvalue weighted by molar-refractivity contribution is 7.54. The molecule has 0 amide bonds. The van der Waals surface area contributed by atoms with E-state index in [1.807, 2.05) is 30.3 Å². The van der Waals surface area contributed by atoms with Crippen molar-refractivity contribution in [3.8, 4) is 0 Å². The van der Waals surface area contributed by atoms with Crippen molar-refractivity contribution in [2.75, 3.05) is 0 Å². The molecule has 0 saturated heterocycles. The van der Waals surface area contributed by atoms with Crippen LogP contribution in [-0.4, -0.2) is 17.3 Å². The molecule has 7 atom stereocenters. The average molecular weight is 465 g/mol. The van der Waals surface area contributed by atoms with E-state index in [1.54, 1.807) is 0 Å². The minimum Gasteiger partial charge on any atom is -0.376 e. The number of aliphatic hydroxyl groups is 1. The van der Waals surface area contributed by atoms with E-state index < -0.39 is 13.4 Å². The second-order valence-electron chi connectivity index (χ2n) is 11.3. The molecule has 4 nitrogen and oxygen atoms in total. The van der Waals surface area contributed by atoms with Crippen LogP contribution in [0.2, 0.25) is 0 Å². The zero-order valence-electron chi connectivity index (χ0n) is 20.9. The maximum atomic E-state index is 14.5. The molecule has 0 radical (unpaired) electrons. The summed E-state index contributed by atoms with van der Waals surface area (Å²) < 4.78 is 27.5. The highest BCUT2D eigenvalue weighted by Crippen LogP contribution is 2.64. The van der Waals surface area contributed by atoms with Crippen molar-refractivity contribution in [1.29, 1.82) is 0 Å². The second kappa shape index (κ2) is 11.2. The third-order valence-corrected chi connectivity index (χ3v) is 9.91. The monoisotopic (exact) mass is 464 g/mol. The van der Waals surface area contributed by atoms with Gasteiger partial charge in [-0.1, -0.05) is 84.7 Å². The van der Waals surface area contributed by atoms with Crippen LogP contribution >= 0.6 is 7.60 Å². The number of hydrogen-bond donors (Lipinski definition) is 1. The summed E-state index contributed by atoms with van der Waals surface area (Å²) in [5.74, 6) is 1.32. The van der Waals surface area contributed by atoms with Crippen molar-refractivity contribution >= 4 is 7.60 Å². The van der Waals surface area contributed by atoms with Crippen LogP contribution in [0.5, 0.6) is 0 Å². The fourth-order valence-electron chi connectivity index (χ4n) is 5.80. The molecule has 2 aliphatic carbocycles. The van der Waals surface area contributed by atoms with E-state index >= 15 is 0 Å². The molecule has 1 N–H and O–H groups in total. The number of hydrogen-bond acceptors (Lipinski definition) is 4. The minimum atomic E-state index is -3.82. The van der Waals surface area contributed by atoms with E-state index in [1.165, 1.54) is 12.8 Å². The molecule has 0 aliphatic heterocycles. The van der Waals surface area contributed by atoms with Crippen molar-refractivity contribution < 1.29 is 18.7 Å². The summed E-state index contributed by atoms with van der Waals surface area (Å²) >= 11 is 0. The average Bonchev–Trinajstić information content (AvgIpc) is 2.73. The number of aliphatic hydroxyl groups excluding tert-OH is 1. The Bertz CT molecular complexity index is 711. The fraction of sp³-hybridized carbons (Fsp3) is 0.778. The van der Waals surface area contributed by atoms with E-state index in [4.69, 9.17) is 9.05 Å². The van der Waals surface area contributed by atoms with Gasteiger partial charge in [0.05, 0.1) is 12.2 Å². The van der Waals surface area contributed by atoms with Gasteiger partial charge in [-0.2, -0.15) is 0 Å². The predicted molar refractivity (Wildman–Crippen MR) is 131 cm³/mol. The third kappa shape index (κ3) is 6.26. The standard InChI is InChI=1S/C27H45O4P/c1-18(2)23-14-12-20(5)16-25(23)30-32(29,27(28)22-10-8-7-9-11-22)31-26-17-21(6)13-15-24(26)19(3)4/h7-11,18-21,23-28H,12-17H2,1-6H3/t20-,21-,23-,24-,25-,26-,27+/m1/s1. The molecule has 2 fully saturated rings. The molecule has 0 heterocycles. The van der Waals surface area contributed by atoms with Gasteiger partial charge in [0, 0.05) is 0 Å². The Morgan fingerprint density at radius 1 is 0.812 bits per heavy atom. The molecule has 5 heteroatoms. The molecule has 0 bridgehead atoms. The van der Waals surface area contributed by atoms with Gasteiger partial charge < -0.3 is 14.2 Å². The van der Waals surface area contributed by atoms with Crippen LogP contribution in [-0.2, 0) is 13.6 Å². The first-order chi connectivity index (χ1) is 15.1. The molecular weight excluding hydrogens is 419 g/mol. The molecular formula is C27H45O4P. The SMILES string of the molecule is CC(C)[C@H]1CC[C@@H](C)C[C@H]1OP(=O)(O[C@@H]1C[C@H](C)CC[C@@H]1C(C)C)[C@H](O)c1ccccc1. The van der Waals surface area contributed by atoms with Gasteiger partial charge in [-0.25, -0.2) is 0 Å². The lowest BCUT2D eigenvalue weighted by atomic mass is 9.75. The van der Waals surface area contributed by atoms with Crippen LogP contribution in [0.4, 0.5) is 0 Å². The van der Waals surface area contributed by atoms with Crippen LogP contribution in [0.25, 0.3) is 0 Å². The van der Waals surface area contributed by atoms with Crippen molar-refractivity contribution in [3.05, 3.63) is 35.9 Å². The molecule has 2 saturated carbocycles. The molecule has 2 aliphatic rings. The van der Waals surface area contributed by atoms with Crippen molar-refractivity contribution in [3.63, 3.8) is 0 Å². The van der Waals surface area contributed by atoms with E-state index in [0.717, 1.165) is 25.7 Å². The van der Waals surface area contributed by atoms with E-state index in [0.29, 0.717) is 41.1 Å². The van der Waals surface area contributed by atoms with E-state index in [9.17, 15) is 9.67 Å². The molecule has 3 rings (SSSR count). The maximum Gasteiger partial charge on any atom is 0.363 e. The van der Waals surface area contributed by atoms with Crippen LogP contribution < -0.4 is 0 Å². The summed E-state index contributed by atoms with van der Waals surface area (Å²) in [4.78, 5) is 0. The van der Waals surface area contributed by atoms with Crippen LogP contribution in [0, 0.1) is 35.5 Å². The largest absolute Gasteiger partial charge is 0.376 e. The molecule has 32 heavy (non-hydrogen) atoms. The summed E-state index contributed by atoms with van der Waals surface area (Å²) in [6.45, 7) is 13.3. The second-order valence-corrected chi connectivity index (χ2v) is 13.3. The van der Waals surface area contributed by atoms with Gasteiger partial charge in [0.1, 0.15) is 0 Å². The fourth-order valence-corrected chi connectivity index (χ4v) is 7.85. The molecule has 0 unspecified atom stereocenters. The lowest BCUT2D eigenvalue weighted by Crippen LogP contribution is -2.37. The lowest BCUT2D eigenvalue weighted by Gasteiger charge is -2.42. The first-order valence-electron chi connectivity index (χ1n) is 12.8. The molecule has 0 aromatic heterocycles. The first kappa shape index (κ1) is 25.9. The van der Waals surface area contributed by atoms with Gasteiger partial charge in [-0.05, 0) is 66.8 Å². The van der Waals surface area contributed by atoms with Gasteiger partial charge in [-0.15, -0.1) is 0 Å². The summed E-state index contributed by atoms with van der Waals surface area (Å²) in [7, 11) is -3.82. The Morgan fingerprint density at radius 3 is 1.66 bits per heavy atom. The van der Waals surface area contributed by atoms with Crippen molar-refractivity contribution in [2.45, 2.75) is 98.1 Å². The first-order valence-corrected chi connectivity index (χ1v) is 14.4. The van der Waals surface area contributed by atoms with Gasteiger partial charge >= 0.3 is 7.60 Å². The number of rotatable bonds is 8. The predicted octanol–water partition coefficient (Wildman–Crippen LogP) is 7.83. The van der Waals surface area contributed by atoms with E-state index in [-0.39, 0.29) is 12.2 Å². The van der Waals surface area contributed by atoms with Gasteiger partial charge in [0.2, 0.25) is 0 Å². The zero-order chi connectivity index (χ0) is 23.5. The molecule has 182 valence electrons. The summed E-state index contributed by atoms with van der Waals surface area (Å²) in [6, 6.07) is 9.26. The Hall–Kier alpha value is -0.670. The van der Waals surface area contributed by atoms with Crippen molar-refractivity contribution in [1.82, 2.24) is 0 Å². The van der Waals surface area contributed by atoms with E-state index in [2.05, 4.69) is 41.5 Å². The summed E-state index contributed by atoms with van der Waals surface area (Å²) in [5.41, 5.74) is 0.603. The summed E-state index contributed by atoms with van der Waals surface area (Å²) in [6.07, 6.45) is 5.91. The highest BCUT2D eigenvalue weighted by atomic mass is 31.2. The molecule has 0 spiro atoms. The highest BCUT2D eigenvalue weighted by Gasteiger charge is 2.46. The Labute approximate surface area is 196 Å². The summed E-state index contributed by atoms with van der Waals surface area (Å²) in [5, 5.41) is 11.4. The van der Waals surface area contributed by atoms with Gasteiger partial charge in [-0.3, -0.25) is 4.57 Å².